The van der Waals surface area contributed by atoms with Crippen LogP contribution in [0.3, 0.4) is 0 Å². The number of hydrogen-bond donors (Lipinski definition) is 1. The zero-order chi connectivity index (χ0) is 17.5. The van der Waals surface area contributed by atoms with Gasteiger partial charge in [-0.25, -0.2) is 9.78 Å². The highest BCUT2D eigenvalue weighted by Gasteiger charge is 2.17. The lowest BCUT2D eigenvalue weighted by Gasteiger charge is -2.07. The van der Waals surface area contributed by atoms with Crippen molar-refractivity contribution in [2.75, 3.05) is 18.5 Å². The molecule has 128 valence electrons. The molecule has 24 heavy (non-hydrogen) atoms. The van der Waals surface area contributed by atoms with Crippen molar-refractivity contribution < 1.29 is 19.1 Å². The first-order chi connectivity index (χ1) is 11.5. The van der Waals surface area contributed by atoms with Gasteiger partial charge < -0.3 is 9.47 Å². The lowest BCUT2D eigenvalue weighted by molar-refractivity contribution is -0.118. The number of carbonyl (C=O) groups is 2. The molecule has 0 saturated heterocycles. The molecule has 1 heterocycles. The van der Waals surface area contributed by atoms with Gasteiger partial charge in [-0.15, -0.1) is 0 Å². The van der Waals surface area contributed by atoms with Gasteiger partial charge >= 0.3 is 5.97 Å². The summed E-state index contributed by atoms with van der Waals surface area (Å²) in [5.41, 5.74) is 1.67. The van der Waals surface area contributed by atoms with E-state index in [9.17, 15) is 9.59 Å². The summed E-state index contributed by atoms with van der Waals surface area (Å²) in [4.78, 5) is 28.3. The van der Waals surface area contributed by atoms with Crippen LogP contribution in [0, 0.1) is 6.92 Å². The molecule has 2 rings (SSSR count). The van der Waals surface area contributed by atoms with Gasteiger partial charge in [0, 0.05) is 0 Å². The minimum Gasteiger partial charge on any atom is -0.484 e. The van der Waals surface area contributed by atoms with Crippen LogP contribution >= 0.6 is 11.3 Å². The summed E-state index contributed by atoms with van der Waals surface area (Å²) in [6, 6.07) is 7.60. The molecule has 2 aromatic rings. The molecule has 1 amide bonds. The predicted molar refractivity (Wildman–Crippen MR) is 92.8 cm³/mol. The molecule has 0 aliphatic rings. The van der Waals surface area contributed by atoms with E-state index >= 15 is 0 Å². The number of thiazole rings is 1. The molecule has 0 aliphatic heterocycles. The first-order valence-electron chi connectivity index (χ1n) is 7.69. The van der Waals surface area contributed by atoms with Crippen molar-refractivity contribution in [3.63, 3.8) is 0 Å². The highest BCUT2D eigenvalue weighted by Crippen LogP contribution is 2.23. The second-order valence-corrected chi connectivity index (χ2v) is 5.99. The molecule has 0 spiro atoms. The van der Waals surface area contributed by atoms with Crippen LogP contribution in [0.25, 0.3) is 0 Å². The molecule has 0 aliphatic carbocycles. The maximum atomic E-state index is 12.0. The Morgan fingerprint density at radius 1 is 1.29 bits per heavy atom. The Kier molecular flexibility index (Phi) is 6.31. The standard InChI is InChI=1S/C17H20N2O4S/c1-4-12-7-6-8-13(9-12)23-10-14(20)19-17-18-11(3)15(24-17)16(21)22-5-2/h6-9H,4-5,10H2,1-3H3,(H,18,19,20). The summed E-state index contributed by atoms with van der Waals surface area (Å²) in [6.07, 6.45) is 0.901. The van der Waals surface area contributed by atoms with Gasteiger partial charge in [-0.2, -0.15) is 0 Å². The minimum absolute atomic E-state index is 0.124. The predicted octanol–water partition coefficient (Wildman–Crippen LogP) is 3.21. The van der Waals surface area contributed by atoms with Gasteiger partial charge in [-0.3, -0.25) is 10.1 Å². The van der Waals surface area contributed by atoms with E-state index in [0.717, 1.165) is 23.3 Å². The second kappa shape index (κ2) is 8.44. The van der Waals surface area contributed by atoms with E-state index in [2.05, 4.69) is 17.2 Å². The maximum absolute atomic E-state index is 12.0. The third kappa shape index (κ3) is 4.79. The third-order valence-electron chi connectivity index (χ3n) is 3.18. The van der Waals surface area contributed by atoms with Gasteiger partial charge in [-0.05, 0) is 38.0 Å². The van der Waals surface area contributed by atoms with Gasteiger partial charge in [0.1, 0.15) is 10.6 Å². The topological polar surface area (TPSA) is 77.5 Å². The highest BCUT2D eigenvalue weighted by molar-refractivity contribution is 7.17. The van der Waals surface area contributed by atoms with E-state index in [0.29, 0.717) is 28.1 Å². The Morgan fingerprint density at radius 2 is 2.08 bits per heavy atom. The zero-order valence-electron chi connectivity index (χ0n) is 13.9. The summed E-state index contributed by atoms with van der Waals surface area (Å²) in [7, 11) is 0. The van der Waals surface area contributed by atoms with Crippen LogP contribution in [0.1, 0.15) is 34.8 Å². The first-order valence-corrected chi connectivity index (χ1v) is 8.51. The summed E-state index contributed by atoms with van der Waals surface area (Å²) in [6.45, 7) is 5.66. The Labute approximate surface area is 144 Å². The summed E-state index contributed by atoms with van der Waals surface area (Å²) >= 11 is 1.09. The van der Waals surface area contributed by atoms with Crippen LogP contribution in [0.2, 0.25) is 0 Å². The zero-order valence-corrected chi connectivity index (χ0v) is 14.7. The molecule has 1 aromatic heterocycles. The molecule has 0 fully saturated rings. The third-order valence-corrected chi connectivity index (χ3v) is 4.23. The van der Waals surface area contributed by atoms with E-state index in [1.807, 2.05) is 18.2 Å². The largest absolute Gasteiger partial charge is 0.484 e. The molecule has 0 bridgehead atoms. The molecular weight excluding hydrogens is 328 g/mol. The number of aromatic nitrogens is 1. The summed E-state index contributed by atoms with van der Waals surface area (Å²) < 4.78 is 10.4. The number of aryl methyl sites for hydroxylation is 2. The van der Waals surface area contributed by atoms with E-state index in [-0.39, 0.29) is 12.5 Å². The van der Waals surface area contributed by atoms with Crippen molar-refractivity contribution in [2.24, 2.45) is 0 Å². The van der Waals surface area contributed by atoms with E-state index in [4.69, 9.17) is 9.47 Å². The number of nitrogens with one attached hydrogen (secondary N) is 1. The fourth-order valence-corrected chi connectivity index (χ4v) is 2.87. The second-order valence-electron chi connectivity index (χ2n) is 4.99. The van der Waals surface area contributed by atoms with Crippen molar-refractivity contribution in [1.29, 1.82) is 0 Å². The molecule has 1 aromatic carbocycles. The van der Waals surface area contributed by atoms with E-state index < -0.39 is 5.97 Å². The number of nitrogens with zero attached hydrogens (tertiary/aromatic N) is 1. The lowest BCUT2D eigenvalue weighted by atomic mass is 10.2. The van der Waals surface area contributed by atoms with Gasteiger partial charge in [0.2, 0.25) is 0 Å². The van der Waals surface area contributed by atoms with Crippen LogP contribution in [0.15, 0.2) is 24.3 Å². The molecular formula is C17H20N2O4S. The van der Waals surface area contributed by atoms with Crippen LogP contribution in [-0.2, 0) is 16.0 Å². The number of carbonyl (C=O) groups excluding carboxylic acids is 2. The fourth-order valence-electron chi connectivity index (χ4n) is 2.00. The number of amides is 1. The number of hydrogen-bond acceptors (Lipinski definition) is 6. The molecule has 0 atom stereocenters. The SMILES string of the molecule is CCOC(=O)c1sc(NC(=O)COc2cccc(CC)c2)nc1C. The number of esters is 1. The quantitative estimate of drug-likeness (QED) is 0.778. The Hall–Kier alpha value is -2.41. The fraction of sp³-hybridized carbons (Fsp3) is 0.353. The highest BCUT2D eigenvalue weighted by atomic mass is 32.1. The van der Waals surface area contributed by atoms with Gasteiger partial charge in [0.25, 0.3) is 5.91 Å². The molecule has 0 radical (unpaired) electrons. The van der Waals surface area contributed by atoms with Crippen LogP contribution in [0.5, 0.6) is 5.75 Å². The van der Waals surface area contributed by atoms with Crippen LogP contribution < -0.4 is 10.1 Å². The van der Waals surface area contributed by atoms with Crippen molar-refractivity contribution in [3.05, 3.63) is 40.4 Å². The van der Waals surface area contributed by atoms with Gasteiger partial charge in [0.15, 0.2) is 11.7 Å². The summed E-state index contributed by atoms with van der Waals surface area (Å²) in [5.74, 6) is -0.117. The minimum atomic E-state index is -0.430. The smallest absolute Gasteiger partial charge is 0.350 e. The van der Waals surface area contributed by atoms with E-state index in [1.165, 1.54) is 0 Å². The number of anilines is 1. The van der Waals surface area contributed by atoms with Crippen molar-refractivity contribution in [1.82, 2.24) is 4.98 Å². The molecule has 0 unspecified atom stereocenters. The normalized spacial score (nSPS) is 10.3. The molecule has 0 saturated carbocycles. The van der Waals surface area contributed by atoms with Gasteiger partial charge in [0.05, 0.1) is 12.3 Å². The lowest BCUT2D eigenvalue weighted by Crippen LogP contribution is -2.20. The Bertz CT molecular complexity index is 727. The first kappa shape index (κ1) is 17.9. The number of ether oxygens (including phenoxy) is 2. The van der Waals surface area contributed by atoms with E-state index in [1.54, 1.807) is 19.9 Å². The average Bonchev–Trinajstić information content (AvgIpc) is 2.93. The monoisotopic (exact) mass is 348 g/mol. The number of benzene rings is 1. The van der Waals surface area contributed by atoms with Crippen molar-refractivity contribution in [3.8, 4) is 5.75 Å². The average molecular weight is 348 g/mol. The van der Waals surface area contributed by atoms with Gasteiger partial charge in [-0.1, -0.05) is 30.4 Å². The molecule has 6 nitrogen and oxygen atoms in total. The summed E-state index contributed by atoms with van der Waals surface area (Å²) in [5, 5.41) is 2.99. The maximum Gasteiger partial charge on any atom is 0.350 e. The molecule has 1 N–H and O–H groups in total. The van der Waals surface area contributed by atoms with Crippen molar-refractivity contribution >= 4 is 28.3 Å². The van der Waals surface area contributed by atoms with Crippen LogP contribution in [0.4, 0.5) is 5.13 Å². The van der Waals surface area contributed by atoms with Crippen molar-refractivity contribution in [2.45, 2.75) is 27.2 Å². The molecule has 7 heteroatoms. The Morgan fingerprint density at radius 3 is 2.79 bits per heavy atom. The Balaban J connectivity index is 1.92. The number of rotatable bonds is 7. The van der Waals surface area contributed by atoms with Crippen LogP contribution in [-0.4, -0.2) is 30.1 Å².